The maximum atomic E-state index is 13.0. The van der Waals surface area contributed by atoms with E-state index in [1.807, 2.05) is 6.07 Å². The molecule has 0 spiro atoms. The van der Waals surface area contributed by atoms with Crippen molar-refractivity contribution < 1.29 is 9.13 Å². The van der Waals surface area contributed by atoms with Gasteiger partial charge >= 0.3 is 0 Å². The molecule has 1 saturated heterocycles. The topological polar surface area (TPSA) is 21.3 Å². The highest BCUT2D eigenvalue weighted by Gasteiger charge is 2.21. The highest BCUT2D eigenvalue weighted by Crippen LogP contribution is 2.20. The largest absolute Gasteiger partial charge is 0.382 e. The summed E-state index contributed by atoms with van der Waals surface area (Å²) < 4.78 is 18.7. The van der Waals surface area contributed by atoms with Crippen molar-refractivity contribution in [2.45, 2.75) is 38.9 Å². The predicted molar refractivity (Wildman–Crippen MR) is 63.2 cm³/mol. The summed E-state index contributed by atoms with van der Waals surface area (Å²) in [5.74, 6) is -0.156. The van der Waals surface area contributed by atoms with Gasteiger partial charge in [0.1, 0.15) is 5.82 Å². The first-order chi connectivity index (χ1) is 7.65. The number of hydrogen-bond donors (Lipinski definition) is 1. The first-order valence-electron chi connectivity index (χ1n) is 5.80. The Kier molecular flexibility index (Phi) is 3.44. The van der Waals surface area contributed by atoms with E-state index in [1.54, 1.807) is 13.0 Å². The molecule has 2 atom stereocenters. The Hall–Kier alpha value is -1.09. The smallest absolute Gasteiger partial charge is 0.126 e. The van der Waals surface area contributed by atoms with Crippen LogP contribution in [0.25, 0.3) is 0 Å². The van der Waals surface area contributed by atoms with E-state index in [4.69, 9.17) is 4.74 Å². The number of aryl methyl sites for hydroxylation is 1. The lowest BCUT2D eigenvalue weighted by molar-refractivity contribution is 0.0637. The van der Waals surface area contributed by atoms with Crippen molar-refractivity contribution in [3.63, 3.8) is 0 Å². The van der Waals surface area contributed by atoms with Crippen LogP contribution in [0.15, 0.2) is 18.2 Å². The van der Waals surface area contributed by atoms with Gasteiger partial charge in [-0.2, -0.15) is 0 Å². The van der Waals surface area contributed by atoms with Crippen LogP contribution in [0.2, 0.25) is 0 Å². The van der Waals surface area contributed by atoms with Crippen LogP contribution in [0.5, 0.6) is 0 Å². The Bertz CT molecular complexity index is 367. The number of halogens is 1. The third-order valence-electron chi connectivity index (χ3n) is 3.01. The van der Waals surface area contributed by atoms with Crippen LogP contribution in [0.3, 0.4) is 0 Å². The number of rotatable bonds is 3. The van der Waals surface area contributed by atoms with Gasteiger partial charge in [0.05, 0.1) is 12.2 Å². The van der Waals surface area contributed by atoms with E-state index in [-0.39, 0.29) is 5.82 Å². The molecule has 1 aromatic rings. The zero-order valence-electron chi connectivity index (χ0n) is 9.79. The van der Waals surface area contributed by atoms with Gasteiger partial charge < -0.3 is 10.1 Å². The Morgan fingerprint density at radius 2 is 2.25 bits per heavy atom. The van der Waals surface area contributed by atoms with E-state index in [9.17, 15) is 4.39 Å². The molecular weight excluding hydrogens is 205 g/mol. The van der Waals surface area contributed by atoms with Crippen molar-refractivity contribution in [1.82, 2.24) is 0 Å². The minimum atomic E-state index is -0.156. The average Bonchev–Trinajstić information content (AvgIpc) is 2.66. The van der Waals surface area contributed by atoms with Crippen LogP contribution in [-0.2, 0) is 4.74 Å². The molecule has 1 N–H and O–H groups in total. The van der Waals surface area contributed by atoms with Gasteiger partial charge in [-0.05, 0) is 50.5 Å². The molecule has 0 radical (unpaired) electrons. The summed E-state index contributed by atoms with van der Waals surface area (Å²) in [6.45, 7) is 4.67. The monoisotopic (exact) mass is 223 g/mol. The molecule has 88 valence electrons. The predicted octanol–water partition coefficient (Wildman–Crippen LogP) is 3.11. The first-order valence-corrected chi connectivity index (χ1v) is 5.80. The molecule has 3 heteroatoms. The van der Waals surface area contributed by atoms with Crippen LogP contribution in [0, 0.1) is 12.7 Å². The molecule has 2 rings (SSSR count). The Morgan fingerprint density at radius 1 is 1.44 bits per heavy atom. The first kappa shape index (κ1) is 11.4. The SMILES string of the molecule is Cc1cc(NCC2CCC(C)O2)ccc1F. The minimum Gasteiger partial charge on any atom is -0.382 e. The van der Waals surface area contributed by atoms with E-state index < -0.39 is 0 Å². The molecule has 2 unspecified atom stereocenters. The number of ether oxygens (including phenoxy) is 1. The Morgan fingerprint density at radius 3 is 2.88 bits per heavy atom. The second kappa shape index (κ2) is 4.83. The molecule has 2 nitrogen and oxygen atoms in total. The summed E-state index contributed by atoms with van der Waals surface area (Å²) in [5.41, 5.74) is 1.63. The quantitative estimate of drug-likeness (QED) is 0.850. The summed E-state index contributed by atoms with van der Waals surface area (Å²) in [6, 6.07) is 5.09. The zero-order valence-corrected chi connectivity index (χ0v) is 9.79. The zero-order chi connectivity index (χ0) is 11.5. The lowest BCUT2D eigenvalue weighted by atomic mass is 10.2. The lowest BCUT2D eigenvalue weighted by Crippen LogP contribution is -2.19. The summed E-state index contributed by atoms with van der Waals surface area (Å²) in [5, 5.41) is 3.28. The Balaban J connectivity index is 1.87. The molecule has 0 saturated carbocycles. The van der Waals surface area contributed by atoms with Gasteiger partial charge in [0, 0.05) is 12.2 Å². The van der Waals surface area contributed by atoms with Crippen molar-refractivity contribution in [2.24, 2.45) is 0 Å². The number of hydrogen-bond acceptors (Lipinski definition) is 2. The third kappa shape index (κ3) is 2.73. The van der Waals surface area contributed by atoms with E-state index in [0.717, 1.165) is 25.1 Å². The standard InChI is InChI=1S/C13H18FNO/c1-9-7-11(4-6-13(9)14)15-8-12-5-3-10(2)16-12/h4,6-7,10,12,15H,3,5,8H2,1-2H3. The summed E-state index contributed by atoms with van der Waals surface area (Å²) >= 11 is 0. The fraction of sp³-hybridized carbons (Fsp3) is 0.538. The highest BCUT2D eigenvalue weighted by atomic mass is 19.1. The molecule has 0 aliphatic carbocycles. The van der Waals surface area contributed by atoms with Crippen molar-refractivity contribution in [2.75, 3.05) is 11.9 Å². The van der Waals surface area contributed by atoms with E-state index >= 15 is 0 Å². The second-order valence-corrected chi connectivity index (χ2v) is 4.49. The van der Waals surface area contributed by atoms with Crippen molar-refractivity contribution >= 4 is 5.69 Å². The van der Waals surface area contributed by atoms with Gasteiger partial charge in [-0.15, -0.1) is 0 Å². The molecule has 1 heterocycles. The average molecular weight is 223 g/mol. The van der Waals surface area contributed by atoms with Crippen LogP contribution in [-0.4, -0.2) is 18.8 Å². The number of nitrogens with one attached hydrogen (secondary N) is 1. The van der Waals surface area contributed by atoms with Crippen LogP contribution in [0.4, 0.5) is 10.1 Å². The lowest BCUT2D eigenvalue weighted by Gasteiger charge is -2.13. The molecule has 0 aromatic heterocycles. The Labute approximate surface area is 95.8 Å². The van der Waals surface area contributed by atoms with Crippen LogP contribution >= 0.6 is 0 Å². The molecular formula is C13H18FNO. The maximum absolute atomic E-state index is 13.0. The fourth-order valence-electron chi connectivity index (χ4n) is 2.02. The molecule has 16 heavy (non-hydrogen) atoms. The number of anilines is 1. The second-order valence-electron chi connectivity index (χ2n) is 4.49. The van der Waals surface area contributed by atoms with E-state index in [2.05, 4.69) is 12.2 Å². The molecule has 1 fully saturated rings. The van der Waals surface area contributed by atoms with Gasteiger partial charge in [0.15, 0.2) is 0 Å². The van der Waals surface area contributed by atoms with E-state index in [0.29, 0.717) is 17.8 Å². The maximum Gasteiger partial charge on any atom is 0.126 e. The van der Waals surface area contributed by atoms with E-state index in [1.165, 1.54) is 6.07 Å². The highest BCUT2D eigenvalue weighted by molar-refractivity contribution is 5.45. The van der Waals surface area contributed by atoms with Gasteiger partial charge in [-0.1, -0.05) is 0 Å². The normalized spacial score (nSPS) is 24.7. The van der Waals surface area contributed by atoms with Crippen LogP contribution in [0.1, 0.15) is 25.3 Å². The van der Waals surface area contributed by atoms with Crippen molar-refractivity contribution in [3.8, 4) is 0 Å². The summed E-state index contributed by atoms with van der Waals surface area (Å²) in [6.07, 6.45) is 2.91. The van der Waals surface area contributed by atoms with Crippen molar-refractivity contribution in [1.29, 1.82) is 0 Å². The molecule has 1 aliphatic heterocycles. The molecule has 1 aromatic carbocycles. The summed E-state index contributed by atoms with van der Waals surface area (Å²) in [4.78, 5) is 0. The number of benzene rings is 1. The van der Waals surface area contributed by atoms with Crippen molar-refractivity contribution in [3.05, 3.63) is 29.6 Å². The minimum absolute atomic E-state index is 0.156. The third-order valence-corrected chi connectivity index (χ3v) is 3.01. The fourth-order valence-corrected chi connectivity index (χ4v) is 2.02. The summed E-state index contributed by atoms with van der Waals surface area (Å²) in [7, 11) is 0. The molecule has 0 amide bonds. The van der Waals surface area contributed by atoms with Gasteiger partial charge in [0.25, 0.3) is 0 Å². The van der Waals surface area contributed by atoms with Gasteiger partial charge in [0.2, 0.25) is 0 Å². The van der Waals surface area contributed by atoms with Gasteiger partial charge in [-0.3, -0.25) is 0 Å². The van der Waals surface area contributed by atoms with Gasteiger partial charge in [-0.25, -0.2) is 4.39 Å². The van der Waals surface area contributed by atoms with Crippen LogP contribution < -0.4 is 5.32 Å². The molecule has 0 bridgehead atoms. The molecule has 1 aliphatic rings.